The largest absolute Gasteiger partial charge is 0.478 e. The Bertz CT molecular complexity index is 1020. The summed E-state index contributed by atoms with van der Waals surface area (Å²) in [7, 11) is 0. The molecule has 0 saturated heterocycles. The molecule has 0 bridgehead atoms. The number of aromatic carboxylic acids is 1. The Morgan fingerprint density at radius 3 is 2.56 bits per heavy atom. The number of anilines is 1. The molecule has 1 aliphatic rings. The maximum atomic E-state index is 12.2. The number of carboxylic acids is 1. The van der Waals surface area contributed by atoms with Crippen LogP contribution in [0.2, 0.25) is 5.02 Å². The predicted molar refractivity (Wildman–Crippen MR) is 105 cm³/mol. The molecule has 2 heterocycles. The molecule has 0 saturated carbocycles. The van der Waals surface area contributed by atoms with Crippen LogP contribution in [0.3, 0.4) is 0 Å². The number of carbonyl (C=O) groups excluding carboxylic acids is 1. The lowest BCUT2D eigenvalue weighted by Gasteiger charge is -2.14. The average molecular weight is 400 g/mol. The predicted octanol–water partition coefficient (Wildman–Crippen LogP) is 4.00. The number of carbonyl (C=O) groups is 2. The van der Waals surface area contributed by atoms with Gasteiger partial charge >= 0.3 is 5.97 Å². The van der Waals surface area contributed by atoms with Gasteiger partial charge in [0.2, 0.25) is 5.91 Å². The van der Waals surface area contributed by atoms with Crippen LogP contribution >= 0.6 is 23.4 Å². The van der Waals surface area contributed by atoms with Crippen molar-refractivity contribution in [2.45, 2.75) is 5.25 Å². The summed E-state index contributed by atoms with van der Waals surface area (Å²) >= 11 is 7.44. The van der Waals surface area contributed by atoms with Crippen LogP contribution in [0, 0.1) is 0 Å². The van der Waals surface area contributed by atoms with E-state index in [9.17, 15) is 9.59 Å². The van der Waals surface area contributed by atoms with Crippen molar-refractivity contribution >= 4 is 41.1 Å². The molecule has 8 heteroatoms. The number of aromatic nitrogens is 2. The summed E-state index contributed by atoms with van der Waals surface area (Å²) < 4.78 is 1.67. The molecule has 4 rings (SSSR count). The lowest BCUT2D eigenvalue weighted by molar-refractivity contribution is -0.113. The molecule has 0 fully saturated rings. The maximum Gasteiger partial charge on any atom is 0.335 e. The van der Waals surface area contributed by atoms with E-state index in [1.54, 1.807) is 47.3 Å². The Morgan fingerprint density at radius 1 is 1.19 bits per heavy atom. The highest BCUT2D eigenvalue weighted by Crippen LogP contribution is 2.42. The van der Waals surface area contributed by atoms with Crippen LogP contribution in [0.4, 0.5) is 5.82 Å². The Labute approximate surface area is 164 Å². The van der Waals surface area contributed by atoms with Crippen molar-refractivity contribution < 1.29 is 14.7 Å². The van der Waals surface area contributed by atoms with Gasteiger partial charge in [-0.25, -0.2) is 9.48 Å². The van der Waals surface area contributed by atoms with Crippen LogP contribution < -0.4 is 5.32 Å². The topological polar surface area (TPSA) is 84.2 Å². The van der Waals surface area contributed by atoms with Gasteiger partial charge in [0.05, 0.1) is 28.5 Å². The second-order valence-electron chi connectivity index (χ2n) is 6.00. The Balaban J connectivity index is 1.77. The van der Waals surface area contributed by atoms with Crippen molar-refractivity contribution in [3.63, 3.8) is 0 Å². The fraction of sp³-hybridized carbons (Fsp3) is 0.105. The van der Waals surface area contributed by atoms with Gasteiger partial charge in [-0.2, -0.15) is 5.10 Å². The van der Waals surface area contributed by atoms with Crippen molar-refractivity contribution in [1.29, 1.82) is 0 Å². The smallest absolute Gasteiger partial charge is 0.335 e. The second-order valence-corrected chi connectivity index (χ2v) is 7.53. The molecule has 0 radical (unpaired) electrons. The quantitative estimate of drug-likeness (QED) is 0.695. The van der Waals surface area contributed by atoms with E-state index in [0.29, 0.717) is 16.6 Å². The first-order valence-corrected chi connectivity index (χ1v) is 9.54. The molecule has 1 aromatic heterocycles. The van der Waals surface area contributed by atoms with Crippen LogP contribution in [0.1, 0.15) is 26.7 Å². The van der Waals surface area contributed by atoms with Crippen LogP contribution in [0.5, 0.6) is 0 Å². The number of amides is 1. The zero-order valence-corrected chi connectivity index (χ0v) is 15.5. The molecule has 0 aliphatic carbocycles. The number of halogens is 1. The lowest BCUT2D eigenvalue weighted by atomic mass is 10.0. The minimum Gasteiger partial charge on any atom is -0.478 e. The molecule has 1 amide bonds. The van der Waals surface area contributed by atoms with E-state index in [4.69, 9.17) is 16.7 Å². The van der Waals surface area contributed by atoms with Crippen LogP contribution in [-0.4, -0.2) is 32.5 Å². The summed E-state index contributed by atoms with van der Waals surface area (Å²) in [5.74, 6) is -0.176. The maximum absolute atomic E-state index is 12.2. The van der Waals surface area contributed by atoms with Crippen molar-refractivity contribution in [3.05, 3.63) is 76.4 Å². The number of fused-ring (bicyclic) bond motifs is 1. The summed E-state index contributed by atoms with van der Waals surface area (Å²) in [6.45, 7) is 0. The van der Waals surface area contributed by atoms with Gasteiger partial charge in [-0.3, -0.25) is 4.79 Å². The second kappa shape index (κ2) is 7.09. The summed E-state index contributed by atoms with van der Waals surface area (Å²) in [4.78, 5) is 23.3. The Morgan fingerprint density at radius 2 is 1.89 bits per heavy atom. The first-order valence-electron chi connectivity index (χ1n) is 8.11. The summed E-state index contributed by atoms with van der Waals surface area (Å²) in [6.07, 6.45) is 1.73. The Hall–Kier alpha value is -2.77. The van der Waals surface area contributed by atoms with Gasteiger partial charge in [-0.05, 0) is 42.0 Å². The van der Waals surface area contributed by atoms with Gasteiger partial charge < -0.3 is 10.4 Å². The molecule has 1 aliphatic heterocycles. The molecular formula is C19H14ClN3O3S. The third kappa shape index (κ3) is 3.43. The van der Waals surface area contributed by atoms with Gasteiger partial charge in [0, 0.05) is 10.6 Å². The number of thioether (sulfide) groups is 1. The average Bonchev–Trinajstić information content (AvgIpc) is 2.98. The monoisotopic (exact) mass is 399 g/mol. The van der Waals surface area contributed by atoms with Crippen LogP contribution in [0.15, 0.2) is 54.7 Å². The van der Waals surface area contributed by atoms with E-state index < -0.39 is 5.97 Å². The SMILES string of the molecule is O=C1CS[C@@H](c2ccc(C(=O)O)cc2)c2cnn(-c3ccc(Cl)cc3)c2N1. The van der Waals surface area contributed by atoms with E-state index in [1.165, 1.54) is 11.8 Å². The van der Waals surface area contributed by atoms with Gasteiger partial charge in [0.15, 0.2) is 0 Å². The van der Waals surface area contributed by atoms with E-state index in [0.717, 1.165) is 16.8 Å². The first-order chi connectivity index (χ1) is 13.0. The first kappa shape index (κ1) is 17.6. The van der Waals surface area contributed by atoms with E-state index in [2.05, 4.69) is 10.4 Å². The zero-order chi connectivity index (χ0) is 19.0. The lowest BCUT2D eigenvalue weighted by Crippen LogP contribution is -2.15. The standard InChI is InChI=1S/C19H14ClN3O3S/c20-13-5-7-14(8-6-13)23-18-15(9-21-23)17(27-10-16(24)22-18)11-1-3-12(4-2-11)19(25)26/h1-9,17H,10H2,(H,22,24)(H,25,26)/t17-/m0/s1. The molecule has 2 aromatic carbocycles. The summed E-state index contributed by atoms with van der Waals surface area (Å²) in [6, 6.07) is 13.9. The summed E-state index contributed by atoms with van der Waals surface area (Å²) in [5, 5.41) is 16.9. The van der Waals surface area contributed by atoms with Crippen LogP contribution in [0.25, 0.3) is 5.69 Å². The molecule has 27 heavy (non-hydrogen) atoms. The highest BCUT2D eigenvalue weighted by molar-refractivity contribution is 8.00. The highest BCUT2D eigenvalue weighted by atomic mass is 35.5. The Kier molecular flexibility index (Phi) is 4.63. The number of carboxylic acid groups (broad SMARTS) is 1. The van der Waals surface area contributed by atoms with Gasteiger partial charge in [-0.15, -0.1) is 11.8 Å². The molecule has 0 unspecified atom stereocenters. The third-order valence-electron chi connectivity index (χ3n) is 4.25. The van der Waals surface area contributed by atoms with E-state index in [1.807, 2.05) is 12.1 Å². The van der Waals surface area contributed by atoms with E-state index in [-0.39, 0.29) is 16.7 Å². The van der Waals surface area contributed by atoms with E-state index >= 15 is 0 Å². The number of hydrogen-bond acceptors (Lipinski definition) is 4. The summed E-state index contributed by atoms with van der Waals surface area (Å²) in [5.41, 5.74) is 2.79. The molecule has 0 spiro atoms. The molecule has 1 atom stereocenters. The molecule has 136 valence electrons. The minimum absolute atomic E-state index is 0.110. The number of nitrogens with zero attached hydrogens (tertiary/aromatic N) is 2. The van der Waals surface area contributed by atoms with Crippen molar-refractivity contribution in [2.75, 3.05) is 11.1 Å². The number of nitrogens with one attached hydrogen (secondary N) is 1. The number of rotatable bonds is 3. The molecule has 6 nitrogen and oxygen atoms in total. The molecule has 2 N–H and O–H groups in total. The van der Waals surface area contributed by atoms with Crippen LogP contribution in [-0.2, 0) is 4.79 Å². The normalized spacial score (nSPS) is 16.3. The number of hydrogen-bond donors (Lipinski definition) is 2. The van der Waals surface area contributed by atoms with Gasteiger partial charge in [0.1, 0.15) is 5.82 Å². The highest BCUT2D eigenvalue weighted by Gasteiger charge is 2.28. The van der Waals surface area contributed by atoms with Gasteiger partial charge in [0.25, 0.3) is 0 Å². The van der Waals surface area contributed by atoms with Crippen molar-refractivity contribution in [2.24, 2.45) is 0 Å². The van der Waals surface area contributed by atoms with Crippen molar-refractivity contribution in [1.82, 2.24) is 9.78 Å². The fourth-order valence-electron chi connectivity index (χ4n) is 2.95. The van der Waals surface area contributed by atoms with Gasteiger partial charge in [-0.1, -0.05) is 23.7 Å². The minimum atomic E-state index is -0.969. The third-order valence-corrected chi connectivity index (χ3v) is 5.79. The number of benzene rings is 2. The van der Waals surface area contributed by atoms with Crippen molar-refractivity contribution in [3.8, 4) is 5.69 Å². The fourth-order valence-corrected chi connectivity index (χ4v) is 4.17. The zero-order valence-electron chi connectivity index (χ0n) is 13.9. The molecular weight excluding hydrogens is 386 g/mol. The molecule has 3 aromatic rings.